The maximum atomic E-state index is 12.7. The summed E-state index contributed by atoms with van der Waals surface area (Å²) in [6.45, 7) is 2.89. The zero-order chi connectivity index (χ0) is 16.8. The van der Waals surface area contributed by atoms with Gasteiger partial charge in [-0.3, -0.25) is 9.59 Å². The summed E-state index contributed by atoms with van der Waals surface area (Å²) < 4.78 is 20.3. The topological polar surface area (TPSA) is 74.3 Å². The number of carbonyl (C=O) groups excluding carboxylic acids is 2. The molecule has 2 rings (SSSR count). The molecule has 0 aromatic heterocycles. The SMILES string of the molecule is COCCN(CC(C)C(=O)OC)C(=O)c1ccc2c(c1)OCO2. The van der Waals surface area contributed by atoms with Crippen molar-refractivity contribution in [3.05, 3.63) is 23.8 Å². The zero-order valence-electron chi connectivity index (χ0n) is 13.5. The van der Waals surface area contributed by atoms with E-state index in [0.717, 1.165) is 0 Å². The van der Waals surface area contributed by atoms with Gasteiger partial charge in [0.1, 0.15) is 0 Å². The van der Waals surface area contributed by atoms with Crippen LogP contribution < -0.4 is 9.47 Å². The number of rotatable bonds is 7. The van der Waals surface area contributed by atoms with Gasteiger partial charge < -0.3 is 23.8 Å². The third-order valence-electron chi connectivity index (χ3n) is 3.57. The normalized spacial score (nSPS) is 13.5. The number of methoxy groups -OCH3 is 2. The molecule has 7 heteroatoms. The van der Waals surface area contributed by atoms with Gasteiger partial charge in [-0.2, -0.15) is 0 Å². The summed E-state index contributed by atoms with van der Waals surface area (Å²) in [7, 11) is 2.89. The number of benzene rings is 1. The third kappa shape index (κ3) is 4.13. The van der Waals surface area contributed by atoms with Crippen molar-refractivity contribution in [1.82, 2.24) is 4.90 Å². The summed E-state index contributed by atoms with van der Waals surface area (Å²) in [4.78, 5) is 25.9. The predicted molar refractivity (Wildman–Crippen MR) is 81.5 cm³/mol. The van der Waals surface area contributed by atoms with Crippen LogP contribution in [-0.4, -0.2) is 57.5 Å². The molecule has 1 aromatic rings. The standard InChI is InChI=1S/C16H21NO6/c1-11(16(19)21-3)9-17(6-7-20-2)15(18)12-4-5-13-14(8-12)23-10-22-13/h4-5,8,11H,6-7,9-10H2,1-3H3. The molecular weight excluding hydrogens is 302 g/mol. The van der Waals surface area contributed by atoms with Gasteiger partial charge in [-0.15, -0.1) is 0 Å². The minimum Gasteiger partial charge on any atom is -0.469 e. The lowest BCUT2D eigenvalue weighted by Crippen LogP contribution is -2.39. The molecule has 1 aliphatic rings. The molecule has 126 valence electrons. The van der Waals surface area contributed by atoms with Crippen LogP contribution in [0, 0.1) is 5.92 Å². The Labute approximate surface area is 135 Å². The number of amides is 1. The molecule has 0 radical (unpaired) electrons. The van der Waals surface area contributed by atoms with Gasteiger partial charge in [0.25, 0.3) is 5.91 Å². The Morgan fingerprint density at radius 1 is 1.26 bits per heavy atom. The molecule has 0 fully saturated rings. The van der Waals surface area contributed by atoms with E-state index in [4.69, 9.17) is 18.9 Å². The number of nitrogens with zero attached hydrogens (tertiary/aromatic N) is 1. The number of ether oxygens (including phenoxy) is 4. The highest BCUT2D eigenvalue weighted by atomic mass is 16.7. The van der Waals surface area contributed by atoms with Crippen LogP contribution >= 0.6 is 0 Å². The van der Waals surface area contributed by atoms with Crippen LogP contribution in [0.2, 0.25) is 0 Å². The molecule has 7 nitrogen and oxygen atoms in total. The quantitative estimate of drug-likeness (QED) is 0.705. The van der Waals surface area contributed by atoms with Crippen molar-refractivity contribution in [2.75, 3.05) is 40.7 Å². The van der Waals surface area contributed by atoms with Crippen molar-refractivity contribution in [2.45, 2.75) is 6.92 Å². The largest absolute Gasteiger partial charge is 0.469 e. The highest BCUT2D eigenvalue weighted by molar-refractivity contribution is 5.95. The van der Waals surface area contributed by atoms with Crippen LogP contribution in [0.25, 0.3) is 0 Å². The second kappa shape index (κ2) is 7.82. The van der Waals surface area contributed by atoms with Crippen LogP contribution in [0.1, 0.15) is 17.3 Å². The zero-order valence-corrected chi connectivity index (χ0v) is 13.5. The number of esters is 1. The summed E-state index contributed by atoms with van der Waals surface area (Å²) in [5.74, 6) is 0.188. The monoisotopic (exact) mass is 323 g/mol. The molecule has 1 amide bonds. The molecule has 0 N–H and O–H groups in total. The predicted octanol–water partition coefficient (Wildman–Crippen LogP) is 1.31. The summed E-state index contributed by atoms with van der Waals surface area (Å²) >= 11 is 0. The summed E-state index contributed by atoms with van der Waals surface area (Å²) in [5.41, 5.74) is 0.474. The van der Waals surface area contributed by atoms with Crippen LogP contribution in [0.5, 0.6) is 11.5 Å². The van der Waals surface area contributed by atoms with E-state index in [1.54, 1.807) is 37.1 Å². The lowest BCUT2D eigenvalue weighted by Gasteiger charge is -2.25. The smallest absolute Gasteiger partial charge is 0.310 e. The van der Waals surface area contributed by atoms with Crippen LogP contribution in [0.3, 0.4) is 0 Å². The Hall–Kier alpha value is -2.28. The number of fused-ring (bicyclic) bond motifs is 1. The lowest BCUT2D eigenvalue weighted by atomic mass is 10.1. The fourth-order valence-corrected chi connectivity index (χ4v) is 2.30. The fourth-order valence-electron chi connectivity index (χ4n) is 2.30. The van der Waals surface area contributed by atoms with Gasteiger partial charge in [0.2, 0.25) is 6.79 Å². The van der Waals surface area contributed by atoms with Gasteiger partial charge in [-0.25, -0.2) is 0 Å². The highest BCUT2D eigenvalue weighted by Crippen LogP contribution is 2.32. The van der Waals surface area contributed by atoms with Gasteiger partial charge in [-0.1, -0.05) is 6.92 Å². The van der Waals surface area contributed by atoms with Crippen LogP contribution in [0.4, 0.5) is 0 Å². The molecule has 1 aliphatic heterocycles. The molecule has 1 atom stereocenters. The van der Waals surface area contributed by atoms with E-state index in [9.17, 15) is 9.59 Å². The Bertz CT molecular complexity index is 574. The molecule has 23 heavy (non-hydrogen) atoms. The summed E-state index contributed by atoms with van der Waals surface area (Å²) in [5, 5.41) is 0. The van der Waals surface area contributed by atoms with E-state index in [1.807, 2.05) is 0 Å². The Balaban J connectivity index is 2.13. The fraction of sp³-hybridized carbons (Fsp3) is 0.500. The van der Waals surface area contributed by atoms with E-state index >= 15 is 0 Å². The van der Waals surface area contributed by atoms with Crippen molar-refractivity contribution in [1.29, 1.82) is 0 Å². The average molecular weight is 323 g/mol. The maximum absolute atomic E-state index is 12.7. The first-order valence-corrected chi connectivity index (χ1v) is 7.32. The Kier molecular flexibility index (Phi) is 5.81. The van der Waals surface area contributed by atoms with Crippen molar-refractivity contribution in [3.8, 4) is 11.5 Å². The number of hydrogen-bond donors (Lipinski definition) is 0. The maximum Gasteiger partial charge on any atom is 0.310 e. The van der Waals surface area contributed by atoms with Crippen molar-refractivity contribution in [2.24, 2.45) is 5.92 Å². The van der Waals surface area contributed by atoms with E-state index in [1.165, 1.54) is 7.11 Å². The molecule has 0 saturated heterocycles. The van der Waals surface area contributed by atoms with Gasteiger partial charge in [-0.05, 0) is 18.2 Å². The van der Waals surface area contributed by atoms with Gasteiger partial charge >= 0.3 is 5.97 Å². The molecule has 1 aromatic carbocycles. The van der Waals surface area contributed by atoms with E-state index in [0.29, 0.717) is 30.2 Å². The lowest BCUT2D eigenvalue weighted by molar-refractivity contribution is -0.145. The minimum absolute atomic E-state index is 0.153. The first-order chi connectivity index (χ1) is 11.1. The van der Waals surface area contributed by atoms with Crippen molar-refractivity contribution in [3.63, 3.8) is 0 Å². The molecule has 0 saturated carbocycles. The average Bonchev–Trinajstić information content (AvgIpc) is 3.04. The summed E-state index contributed by atoms with van der Waals surface area (Å²) in [6, 6.07) is 5.03. The van der Waals surface area contributed by atoms with E-state index in [2.05, 4.69) is 0 Å². The molecular formula is C16H21NO6. The van der Waals surface area contributed by atoms with E-state index < -0.39 is 5.92 Å². The second-order valence-electron chi connectivity index (χ2n) is 5.24. The Morgan fingerprint density at radius 3 is 2.70 bits per heavy atom. The van der Waals surface area contributed by atoms with Crippen molar-refractivity contribution >= 4 is 11.9 Å². The van der Waals surface area contributed by atoms with Gasteiger partial charge in [0, 0.05) is 25.8 Å². The highest BCUT2D eigenvalue weighted by Gasteiger charge is 2.24. The van der Waals surface area contributed by atoms with Gasteiger partial charge in [0.05, 0.1) is 19.6 Å². The number of hydrogen-bond acceptors (Lipinski definition) is 6. The van der Waals surface area contributed by atoms with Gasteiger partial charge in [0.15, 0.2) is 11.5 Å². The molecule has 0 bridgehead atoms. The molecule has 0 spiro atoms. The molecule has 1 unspecified atom stereocenters. The molecule has 1 heterocycles. The first-order valence-electron chi connectivity index (χ1n) is 7.32. The van der Waals surface area contributed by atoms with Crippen LogP contribution in [-0.2, 0) is 14.3 Å². The minimum atomic E-state index is -0.421. The first kappa shape index (κ1) is 17.1. The second-order valence-corrected chi connectivity index (χ2v) is 5.24. The third-order valence-corrected chi connectivity index (χ3v) is 3.57. The number of carbonyl (C=O) groups is 2. The summed E-state index contributed by atoms with van der Waals surface area (Å²) in [6.07, 6.45) is 0. The molecule has 0 aliphatic carbocycles. The Morgan fingerprint density at radius 2 is 2.00 bits per heavy atom. The van der Waals surface area contributed by atoms with Crippen molar-refractivity contribution < 1.29 is 28.5 Å². The van der Waals surface area contributed by atoms with Crippen LogP contribution in [0.15, 0.2) is 18.2 Å². The van der Waals surface area contributed by atoms with E-state index in [-0.39, 0.29) is 25.2 Å².